The number of hydrogen-bond donors (Lipinski definition) is 2. The van der Waals surface area contributed by atoms with Crippen LogP contribution in [0.2, 0.25) is 0 Å². The van der Waals surface area contributed by atoms with Crippen LogP contribution in [0, 0.1) is 11.6 Å². The van der Waals surface area contributed by atoms with E-state index in [9.17, 15) is 8.78 Å². The van der Waals surface area contributed by atoms with E-state index < -0.39 is 17.7 Å². The molecule has 23 heavy (non-hydrogen) atoms. The Labute approximate surface area is 136 Å². The Bertz CT molecular complexity index is 489. The van der Waals surface area contributed by atoms with Crippen LogP contribution in [0.5, 0.6) is 0 Å². The molecule has 1 aromatic rings. The van der Waals surface area contributed by atoms with Crippen LogP contribution in [0.25, 0.3) is 0 Å². The highest BCUT2D eigenvalue weighted by Crippen LogP contribution is 2.24. The summed E-state index contributed by atoms with van der Waals surface area (Å²) in [6, 6.07) is 3.40. The van der Waals surface area contributed by atoms with Crippen molar-refractivity contribution >= 4 is 5.96 Å². The maximum Gasteiger partial charge on any atom is 0.191 e. The topological polar surface area (TPSA) is 48.9 Å². The summed E-state index contributed by atoms with van der Waals surface area (Å²) < 4.78 is 33.0. The lowest BCUT2D eigenvalue weighted by molar-refractivity contribution is 0.203. The Morgan fingerprint density at radius 3 is 2.43 bits per heavy atom. The number of hydrogen-bond acceptors (Lipinski definition) is 3. The lowest BCUT2D eigenvalue weighted by Crippen LogP contribution is -2.39. The van der Waals surface area contributed by atoms with Crippen LogP contribution in [-0.4, -0.2) is 58.3 Å². The first-order valence-corrected chi connectivity index (χ1v) is 7.62. The fraction of sp³-hybridized carbons (Fsp3) is 0.562. The first-order chi connectivity index (χ1) is 11.0. The van der Waals surface area contributed by atoms with Crippen molar-refractivity contribution in [2.24, 2.45) is 4.99 Å². The van der Waals surface area contributed by atoms with Crippen LogP contribution in [0.3, 0.4) is 0 Å². The average Bonchev–Trinajstić information content (AvgIpc) is 2.49. The minimum absolute atomic E-state index is 0.0361. The molecular formula is C16H26F2N4O. The Kier molecular flexibility index (Phi) is 8.50. The van der Waals surface area contributed by atoms with E-state index in [1.54, 1.807) is 26.1 Å². The molecule has 0 fully saturated rings. The van der Waals surface area contributed by atoms with Crippen LogP contribution in [0.15, 0.2) is 23.2 Å². The van der Waals surface area contributed by atoms with Crippen LogP contribution >= 0.6 is 0 Å². The SMILES string of the molecule is CCNC(=NCC(c1c(F)cccc1F)N(C)C)NCCOC. The van der Waals surface area contributed by atoms with Crippen molar-refractivity contribution in [2.45, 2.75) is 13.0 Å². The van der Waals surface area contributed by atoms with Gasteiger partial charge in [-0.25, -0.2) is 8.78 Å². The molecule has 0 radical (unpaired) electrons. The maximum absolute atomic E-state index is 14.0. The van der Waals surface area contributed by atoms with Gasteiger partial charge in [0, 0.05) is 25.8 Å². The van der Waals surface area contributed by atoms with Gasteiger partial charge >= 0.3 is 0 Å². The molecule has 2 N–H and O–H groups in total. The fourth-order valence-electron chi connectivity index (χ4n) is 2.13. The maximum atomic E-state index is 14.0. The number of rotatable bonds is 8. The predicted octanol–water partition coefficient (Wildman–Crippen LogP) is 1.77. The predicted molar refractivity (Wildman–Crippen MR) is 88.6 cm³/mol. The van der Waals surface area contributed by atoms with Gasteiger partial charge in [0.2, 0.25) is 0 Å². The first kappa shape index (κ1) is 19.3. The second-order valence-electron chi connectivity index (χ2n) is 5.25. The zero-order valence-corrected chi connectivity index (χ0v) is 14.2. The van der Waals surface area contributed by atoms with Crippen molar-refractivity contribution in [3.05, 3.63) is 35.4 Å². The molecule has 0 bridgehead atoms. The third-order valence-electron chi connectivity index (χ3n) is 3.32. The van der Waals surface area contributed by atoms with Gasteiger partial charge in [-0.2, -0.15) is 0 Å². The van der Waals surface area contributed by atoms with Crippen LogP contribution in [0.4, 0.5) is 8.78 Å². The van der Waals surface area contributed by atoms with Crippen LogP contribution in [-0.2, 0) is 4.74 Å². The highest BCUT2D eigenvalue weighted by Gasteiger charge is 2.22. The lowest BCUT2D eigenvalue weighted by atomic mass is 10.0. The van der Waals surface area contributed by atoms with Gasteiger partial charge in [0.05, 0.1) is 19.2 Å². The largest absolute Gasteiger partial charge is 0.383 e. The molecule has 0 aliphatic rings. The highest BCUT2D eigenvalue weighted by atomic mass is 19.1. The normalized spacial score (nSPS) is 13.3. The molecule has 0 aromatic heterocycles. The number of guanidine groups is 1. The molecule has 0 saturated heterocycles. The van der Waals surface area contributed by atoms with Gasteiger partial charge < -0.3 is 20.3 Å². The molecule has 0 saturated carbocycles. The molecule has 130 valence electrons. The second kappa shape index (κ2) is 10.1. The van der Waals surface area contributed by atoms with Gasteiger partial charge in [-0.3, -0.25) is 4.99 Å². The molecule has 5 nitrogen and oxygen atoms in total. The Morgan fingerprint density at radius 1 is 1.26 bits per heavy atom. The van der Waals surface area contributed by atoms with Crippen molar-refractivity contribution < 1.29 is 13.5 Å². The van der Waals surface area contributed by atoms with Gasteiger partial charge in [0.25, 0.3) is 0 Å². The van der Waals surface area contributed by atoms with E-state index in [-0.39, 0.29) is 12.1 Å². The molecule has 0 aliphatic heterocycles. The van der Waals surface area contributed by atoms with Gasteiger partial charge in [-0.1, -0.05) is 6.07 Å². The molecule has 1 rings (SSSR count). The van der Waals surface area contributed by atoms with Crippen molar-refractivity contribution in [1.82, 2.24) is 15.5 Å². The number of halogens is 2. The molecular weight excluding hydrogens is 302 g/mol. The number of methoxy groups -OCH3 is 1. The summed E-state index contributed by atoms with van der Waals surface area (Å²) in [5.41, 5.74) is 0.0361. The fourth-order valence-corrected chi connectivity index (χ4v) is 2.13. The zero-order valence-electron chi connectivity index (χ0n) is 14.2. The number of likely N-dealkylation sites (N-methyl/N-ethyl adjacent to an activating group) is 1. The molecule has 0 heterocycles. The van der Waals surface area contributed by atoms with Crippen molar-refractivity contribution in [2.75, 3.05) is 47.4 Å². The summed E-state index contributed by atoms with van der Waals surface area (Å²) in [6.45, 7) is 4.02. The zero-order chi connectivity index (χ0) is 17.2. The van der Waals surface area contributed by atoms with E-state index in [1.165, 1.54) is 18.2 Å². The minimum Gasteiger partial charge on any atom is -0.383 e. The van der Waals surface area contributed by atoms with Crippen LogP contribution in [0.1, 0.15) is 18.5 Å². The van der Waals surface area contributed by atoms with E-state index in [4.69, 9.17) is 4.74 Å². The number of nitrogens with one attached hydrogen (secondary N) is 2. The average molecular weight is 328 g/mol. The van der Waals surface area contributed by atoms with E-state index in [0.717, 1.165) is 0 Å². The van der Waals surface area contributed by atoms with Crippen molar-refractivity contribution in [3.8, 4) is 0 Å². The van der Waals surface area contributed by atoms with E-state index in [0.29, 0.717) is 25.7 Å². The van der Waals surface area contributed by atoms with E-state index in [2.05, 4.69) is 15.6 Å². The third kappa shape index (κ3) is 6.11. The third-order valence-corrected chi connectivity index (χ3v) is 3.32. The van der Waals surface area contributed by atoms with E-state index in [1.807, 2.05) is 6.92 Å². The van der Waals surface area contributed by atoms with Gasteiger partial charge in [-0.15, -0.1) is 0 Å². The molecule has 7 heteroatoms. The number of ether oxygens (including phenoxy) is 1. The minimum atomic E-state index is -0.559. The lowest BCUT2D eigenvalue weighted by Gasteiger charge is -2.24. The van der Waals surface area contributed by atoms with Gasteiger partial charge in [0.1, 0.15) is 11.6 Å². The van der Waals surface area contributed by atoms with Crippen LogP contribution < -0.4 is 10.6 Å². The summed E-state index contributed by atoms with van der Waals surface area (Å²) in [5, 5.41) is 6.20. The smallest absolute Gasteiger partial charge is 0.191 e. The molecule has 0 aliphatic carbocycles. The number of benzene rings is 1. The van der Waals surface area contributed by atoms with Gasteiger partial charge in [0.15, 0.2) is 5.96 Å². The Morgan fingerprint density at radius 2 is 1.91 bits per heavy atom. The monoisotopic (exact) mass is 328 g/mol. The highest BCUT2D eigenvalue weighted by molar-refractivity contribution is 5.79. The molecule has 1 atom stereocenters. The Hall–Kier alpha value is -1.73. The first-order valence-electron chi connectivity index (χ1n) is 7.62. The quantitative estimate of drug-likeness (QED) is 0.434. The summed E-state index contributed by atoms with van der Waals surface area (Å²) in [6.07, 6.45) is 0. The summed E-state index contributed by atoms with van der Waals surface area (Å²) in [7, 11) is 5.17. The van der Waals surface area contributed by atoms with E-state index >= 15 is 0 Å². The second-order valence-corrected chi connectivity index (χ2v) is 5.25. The standard InChI is InChI=1S/C16H26F2N4O/c1-5-19-16(20-9-10-23-4)21-11-14(22(2)3)15-12(17)7-6-8-13(15)18/h6-8,14H,5,9-11H2,1-4H3,(H2,19,20,21). The summed E-state index contributed by atoms with van der Waals surface area (Å²) in [4.78, 5) is 6.18. The molecule has 0 amide bonds. The summed E-state index contributed by atoms with van der Waals surface area (Å²) >= 11 is 0. The molecule has 1 unspecified atom stereocenters. The number of aliphatic imine (C=N–C) groups is 1. The van der Waals surface area contributed by atoms with Gasteiger partial charge in [-0.05, 0) is 33.2 Å². The Balaban J connectivity index is 2.91. The number of nitrogens with zero attached hydrogens (tertiary/aromatic N) is 2. The molecule has 1 aromatic carbocycles. The van der Waals surface area contributed by atoms with Crippen molar-refractivity contribution in [3.63, 3.8) is 0 Å². The molecule has 0 spiro atoms. The van der Waals surface area contributed by atoms with Crippen molar-refractivity contribution in [1.29, 1.82) is 0 Å². The summed E-state index contributed by atoms with van der Waals surface area (Å²) in [5.74, 6) is -0.527.